The summed E-state index contributed by atoms with van der Waals surface area (Å²) in [5.41, 5.74) is 1.33. The maximum absolute atomic E-state index is 14.1. The van der Waals surface area contributed by atoms with E-state index in [-0.39, 0.29) is 29.3 Å². The summed E-state index contributed by atoms with van der Waals surface area (Å²) in [4.78, 5) is 14.8. The van der Waals surface area contributed by atoms with Gasteiger partial charge in [-0.25, -0.2) is 4.39 Å². The lowest BCUT2D eigenvalue weighted by Gasteiger charge is -2.35. The average Bonchev–Trinajstić information content (AvgIpc) is 3.09. The van der Waals surface area contributed by atoms with E-state index in [0.717, 1.165) is 31.1 Å². The van der Waals surface area contributed by atoms with Crippen LogP contribution in [0, 0.1) is 17.1 Å². The van der Waals surface area contributed by atoms with Gasteiger partial charge in [-0.3, -0.25) is 9.69 Å². The first-order chi connectivity index (χ1) is 13.1. The first kappa shape index (κ1) is 17.7. The Balaban J connectivity index is 1.39. The lowest BCUT2D eigenvalue weighted by atomic mass is 10.1. The summed E-state index contributed by atoms with van der Waals surface area (Å²) in [7, 11) is 0. The molecule has 0 saturated carbocycles. The molecule has 4 rings (SSSR count). The highest BCUT2D eigenvalue weighted by molar-refractivity contribution is 5.94. The number of hydrogen-bond donors (Lipinski definition) is 1. The summed E-state index contributed by atoms with van der Waals surface area (Å²) in [5, 5.41) is 11.7. The van der Waals surface area contributed by atoms with Crippen molar-refractivity contribution in [3.8, 4) is 6.07 Å². The molecule has 138 valence electrons. The first-order valence-corrected chi connectivity index (χ1v) is 9.05. The van der Waals surface area contributed by atoms with Gasteiger partial charge in [0.15, 0.2) is 0 Å². The number of amides is 1. The highest BCUT2D eigenvalue weighted by atomic mass is 19.1. The van der Waals surface area contributed by atoms with E-state index in [0.29, 0.717) is 6.61 Å². The van der Waals surface area contributed by atoms with E-state index in [4.69, 9.17) is 10.00 Å². The quantitative estimate of drug-likeness (QED) is 0.908. The lowest BCUT2D eigenvalue weighted by molar-refractivity contribution is -0.0502. The Kier molecular flexibility index (Phi) is 4.88. The summed E-state index contributed by atoms with van der Waals surface area (Å²) < 4.78 is 20.1. The second-order valence-corrected chi connectivity index (χ2v) is 7.05. The number of rotatable bonds is 3. The SMILES string of the molecule is N#Cc1ccc(C(=O)N[C@@H]2C[C@H]3CO[C@@H](c4ccccc4)CN3C2)c(F)c1. The Bertz CT molecular complexity index is 881. The van der Waals surface area contributed by atoms with Gasteiger partial charge < -0.3 is 10.1 Å². The number of morpholine rings is 1. The maximum atomic E-state index is 14.1. The lowest BCUT2D eigenvalue weighted by Crippen LogP contribution is -2.43. The molecule has 6 heteroatoms. The summed E-state index contributed by atoms with van der Waals surface area (Å²) in [6, 6.07) is 16.1. The molecule has 2 fully saturated rings. The van der Waals surface area contributed by atoms with Crippen LogP contribution in [0.4, 0.5) is 4.39 Å². The van der Waals surface area contributed by atoms with E-state index < -0.39 is 11.7 Å². The molecule has 2 saturated heterocycles. The van der Waals surface area contributed by atoms with Crippen molar-refractivity contribution in [1.82, 2.24) is 10.2 Å². The van der Waals surface area contributed by atoms with Crippen molar-refractivity contribution in [3.63, 3.8) is 0 Å². The van der Waals surface area contributed by atoms with Gasteiger partial charge in [-0.2, -0.15) is 5.26 Å². The van der Waals surface area contributed by atoms with E-state index in [1.165, 1.54) is 12.1 Å². The molecule has 2 aromatic rings. The Morgan fingerprint density at radius 1 is 1.22 bits per heavy atom. The zero-order chi connectivity index (χ0) is 18.8. The van der Waals surface area contributed by atoms with Crippen LogP contribution in [-0.2, 0) is 4.74 Å². The third-order valence-electron chi connectivity index (χ3n) is 5.27. The van der Waals surface area contributed by atoms with Crippen molar-refractivity contribution in [2.45, 2.75) is 24.6 Å². The van der Waals surface area contributed by atoms with Crippen LogP contribution >= 0.6 is 0 Å². The van der Waals surface area contributed by atoms with E-state index in [9.17, 15) is 9.18 Å². The smallest absolute Gasteiger partial charge is 0.254 e. The van der Waals surface area contributed by atoms with E-state index in [1.807, 2.05) is 24.3 Å². The normalized spacial score (nSPS) is 24.8. The van der Waals surface area contributed by atoms with Crippen LogP contribution in [0.5, 0.6) is 0 Å². The van der Waals surface area contributed by atoms with Crippen molar-refractivity contribution in [3.05, 3.63) is 71.0 Å². The number of carbonyl (C=O) groups is 1. The Morgan fingerprint density at radius 3 is 2.78 bits per heavy atom. The second kappa shape index (κ2) is 7.47. The van der Waals surface area contributed by atoms with Gasteiger partial charge in [0.1, 0.15) is 5.82 Å². The number of fused-ring (bicyclic) bond motifs is 1. The Morgan fingerprint density at radius 2 is 2.04 bits per heavy atom. The Hall–Kier alpha value is -2.75. The molecular formula is C21H20FN3O2. The van der Waals surface area contributed by atoms with Gasteiger partial charge in [0, 0.05) is 25.2 Å². The van der Waals surface area contributed by atoms with Gasteiger partial charge in [0.25, 0.3) is 5.91 Å². The molecule has 0 bridgehead atoms. The van der Waals surface area contributed by atoms with Crippen LogP contribution in [0.3, 0.4) is 0 Å². The topological polar surface area (TPSA) is 65.4 Å². The molecule has 2 aliphatic rings. The van der Waals surface area contributed by atoms with Gasteiger partial charge in [-0.1, -0.05) is 30.3 Å². The molecule has 27 heavy (non-hydrogen) atoms. The molecule has 0 radical (unpaired) electrons. The summed E-state index contributed by atoms with van der Waals surface area (Å²) >= 11 is 0. The van der Waals surface area contributed by atoms with Crippen molar-refractivity contribution in [2.75, 3.05) is 19.7 Å². The minimum absolute atomic E-state index is 0.0303. The molecule has 0 unspecified atom stereocenters. The van der Waals surface area contributed by atoms with E-state index >= 15 is 0 Å². The molecule has 2 heterocycles. The van der Waals surface area contributed by atoms with Gasteiger partial charge >= 0.3 is 0 Å². The minimum Gasteiger partial charge on any atom is -0.371 e. The highest BCUT2D eigenvalue weighted by Crippen LogP contribution is 2.30. The third kappa shape index (κ3) is 3.70. The number of nitriles is 1. The van der Waals surface area contributed by atoms with Crippen LogP contribution in [0.15, 0.2) is 48.5 Å². The number of carbonyl (C=O) groups excluding carboxylic acids is 1. The summed E-state index contributed by atoms with van der Waals surface area (Å²) in [6.45, 7) is 2.13. The minimum atomic E-state index is -0.672. The van der Waals surface area contributed by atoms with Crippen molar-refractivity contribution < 1.29 is 13.9 Å². The van der Waals surface area contributed by atoms with Gasteiger partial charge in [-0.15, -0.1) is 0 Å². The average molecular weight is 365 g/mol. The molecule has 2 aromatic carbocycles. The summed E-state index contributed by atoms with van der Waals surface area (Å²) in [6.07, 6.45) is 0.818. The fourth-order valence-electron chi connectivity index (χ4n) is 3.88. The molecule has 1 amide bonds. The third-order valence-corrected chi connectivity index (χ3v) is 5.27. The van der Waals surface area contributed by atoms with E-state index in [1.54, 1.807) is 0 Å². The zero-order valence-corrected chi connectivity index (χ0v) is 14.8. The molecule has 5 nitrogen and oxygen atoms in total. The van der Waals surface area contributed by atoms with Crippen LogP contribution in [-0.4, -0.2) is 42.6 Å². The van der Waals surface area contributed by atoms with Crippen molar-refractivity contribution in [2.24, 2.45) is 0 Å². The standard InChI is InChI=1S/C21H20FN3O2/c22-19-8-14(10-23)6-7-18(19)21(26)24-16-9-17-13-27-20(12-25(17)11-16)15-4-2-1-3-5-15/h1-8,16-17,20H,9,11-13H2,(H,24,26)/t16-,17+,20-/m1/s1. The number of ether oxygens (including phenoxy) is 1. The van der Waals surface area contributed by atoms with Crippen LogP contribution in [0.2, 0.25) is 0 Å². The summed E-state index contributed by atoms with van der Waals surface area (Å²) in [5.74, 6) is -1.11. The van der Waals surface area contributed by atoms with Gasteiger partial charge in [0.05, 0.1) is 29.9 Å². The predicted octanol–water partition coefficient (Wildman–Crippen LogP) is 2.64. The van der Waals surface area contributed by atoms with Gasteiger partial charge in [0.2, 0.25) is 0 Å². The molecule has 0 aromatic heterocycles. The van der Waals surface area contributed by atoms with Crippen molar-refractivity contribution >= 4 is 5.91 Å². The van der Waals surface area contributed by atoms with Crippen LogP contribution in [0.1, 0.15) is 34.0 Å². The van der Waals surface area contributed by atoms with Crippen LogP contribution in [0.25, 0.3) is 0 Å². The maximum Gasteiger partial charge on any atom is 0.254 e. The molecule has 3 atom stereocenters. The van der Waals surface area contributed by atoms with Crippen LogP contribution < -0.4 is 5.32 Å². The number of nitrogens with zero attached hydrogens (tertiary/aromatic N) is 2. The number of nitrogens with one attached hydrogen (secondary N) is 1. The van der Waals surface area contributed by atoms with Gasteiger partial charge in [-0.05, 0) is 30.2 Å². The molecule has 1 N–H and O–H groups in total. The predicted molar refractivity (Wildman–Crippen MR) is 97.5 cm³/mol. The van der Waals surface area contributed by atoms with Crippen molar-refractivity contribution in [1.29, 1.82) is 5.26 Å². The zero-order valence-electron chi connectivity index (χ0n) is 14.8. The Labute approximate surface area is 157 Å². The molecule has 0 spiro atoms. The second-order valence-electron chi connectivity index (χ2n) is 7.05. The molecular weight excluding hydrogens is 345 g/mol. The first-order valence-electron chi connectivity index (χ1n) is 9.05. The number of hydrogen-bond acceptors (Lipinski definition) is 4. The number of benzene rings is 2. The monoisotopic (exact) mass is 365 g/mol. The highest BCUT2D eigenvalue weighted by Gasteiger charge is 2.38. The fraction of sp³-hybridized carbons (Fsp3) is 0.333. The molecule has 0 aliphatic carbocycles. The fourth-order valence-corrected chi connectivity index (χ4v) is 3.88. The largest absolute Gasteiger partial charge is 0.371 e. The number of halogens is 1. The van der Waals surface area contributed by atoms with E-state index in [2.05, 4.69) is 22.3 Å². The molecule has 2 aliphatic heterocycles.